The van der Waals surface area contributed by atoms with Gasteiger partial charge in [-0.3, -0.25) is 4.79 Å². The van der Waals surface area contributed by atoms with Crippen LogP contribution in [0.4, 0.5) is 5.69 Å². The summed E-state index contributed by atoms with van der Waals surface area (Å²) in [7, 11) is 0. The minimum Gasteiger partial charge on any atom is -0.322 e. The number of thioether (sulfide) groups is 1. The van der Waals surface area contributed by atoms with Crippen LogP contribution in [0.25, 0.3) is 0 Å². The second-order valence-corrected chi connectivity index (χ2v) is 5.91. The normalized spacial score (nSPS) is 13.6. The van der Waals surface area contributed by atoms with Crippen LogP contribution in [0.3, 0.4) is 0 Å². The zero-order valence-electron chi connectivity index (χ0n) is 12.0. The number of rotatable bonds is 3. The SMILES string of the molecule is CSc1ccccc1C(=O)Nc1ccc2c(c1)CNCC2. The first-order valence-electron chi connectivity index (χ1n) is 7.05. The van der Waals surface area contributed by atoms with Crippen molar-refractivity contribution in [2.75, 3.05) is 18.1 Å². The Hall–Kier alpha value is -1.78. The molecule has 108 valence electrons. The Labute approximate surface area is 129 Å². The van der Waals surface area contributed by atoms with Crippen molar-refractivity contribution in [1.82, 2.24) is 5.32 Å². The fraction of sp³-hybridized carbons (Fsp3) is 0.235. The van der Waals surface area contributed by atoms with E-state index in [9.17, 15) is 4.79 Å². The van der Waals surface area contributed by atoms with Gasteiger partial charge >= 0.3 is 0 Å². The molecule has 0 spiro atoms. The van der Waals surface area contributed by atoms with Crippen molar-refractivity contribution in [2.45, 2.75) is 17.9 Å². The molecule has 2 aromatic carbocycles. The molecule has 0 radical (unpaired) electrons. The van der Waals surface area contributed by atoms with Crippen molar-refractivity contribution < 1.29 is 4.79 Å². The molecule has 1 amide bonds. The quantitative estimate of drug-likeness (QED) is 0.854. The summed E-state index contributed by atoms with van der Waals surface area (Å²) in [5.74, 6) is -0.0522. The van der Waals surface area contributed by atoms with E-state index in [2.05, 4.69) is 22.8 Å². The highest BCUT2D eigenvalue weighted by Crippen LogP contribution is 2.23. The molecule has 1 aliphatic heterocycles. The highest BCUT2D eigenvalue weighted by atomic mass is 32.2. The Morgan fingerprint density at radius 1 is 1.19 bits per heavy atom. The standard InChI is InChI=1S/C17H18N2OS/c1-21-16-5-3-2-4-15(16)17(20)19-14-7-6-12-8-9-18-11-13(12)10-14/h2-7,10,18H,8-9,11H2,1H3,(H,19,20). The van der Waals surface area contributed by atoms with E-state index in [1.165, 1.54) is 11.1 Å². The summed E-state index contributed by atoms with van der Waals surface area (Å²) >= 11 is 1.59. The monoisotopic (exact) mass is 298 g/mol. The number of benzene rings is 2. The highest BCUT2D eigenvalue weighted by Gasteiger charge is 2.13. The first-order chi connectivity index (χ1) is 10.3. The van der Waals surface area contributed by atoms with Gasteiger partial charge < -0.3 is 10.6 Å². The molecule has 0 aromatic heterocycles. The molecule has 4 heteroatoms. The molecule has 0 bridgehead atoms. The topological polar surface area (TPSA) is 41.1 Å². The average Bonchev–Trinajstić information content (AvgIpc) is 2.54. The van der Waals surface area contributed by atoms with E-state index in [0.29, 0.717) is 0 Å². The highest BCUT2D eigenvalue weighted by molar-refractivity contribution is 7.98. The molecule has 21 heavy (non-hydrogen) atoms. The van der Waals surface area contributed by atoms with Crippen LogP contribution in [0.1, 0.15) is 21.5 Å². The van der Waals surface area contributed by atoms with Crippen molar-refractivity contribution in [2.24, 2.45) is 0 Å². The molecule has 1 heterocycles. The average molecular weight is 298 g/mol. The molecule has 1 aliphatic rings. The van der Waals surface area contributed by atoms with Gasteiger partial charge in [0, 0.05) is 17.1 Å². The summed E-state index contributed by atoms with van der Waals surface area (Å²) in [6.07, 6.45) is 3.04. The summed E-state index contributed by atoms with van der Waals surface area (Å²) in [4.78, 5) is 13.4. The number of fused-ring (bicyclic) bond motifs is 1. The van der Waals surface area contributed by atoms with E-state index in [1.54, 1.807) is 11.8 Å². The molecule has 3 rings (SSSR count). The molecular formula is C17H18N2OS. The summed E-state index contributed by atoms with van der Waals surface area (Å²) < 4.78 is 0. The predicted molar refractivity (Wildman–Crippen MR) is 88.0 cm³/mol. The first-order valence-corrected chi connectivity index (χ1v) is 8.27. The molecule has 2 aromatic rings. The lowest BCUT2D eigenvalue weighted by Gasteiger charge is -2.18. The van der Waals surface area contributed by atoms with Gasteiger partial charge in [-0.05, 0) is 54.6 Å². The van der Waals surface area contributed by atoms with Crippen molar-refractivity contribution in [3.8, 4) is 0 Å². The van der Waals surface area contributed by atoms with Gasteiger partial charge in [-0.15, -0.1) is 11.8 Å². The van der Waals surface area contributed by atoms with Crippen LogP contribution >= 0.6 is 11.8 Å². The summed E-state index contributed by atoms with van der Waals surface area (Å²) in [6.45, 7) is 1.90. The van der Waals surface area contributed by atoms with Gasteiger partial charge in [0.1, 0.15) is 0 Å². The Kier molecular flexibility index (Phi) is 4.27. The zero-order valence-corrected chi connectivity index (χ0v) is 12.8. The van der Waals surface area contributed by atoms with Crippen molar-refractivity contribution in [3.63, 3.8) is 0 Å². The Bertz CT molecular complexity index is 670. The van der Waals surface area contributed by atoms with Crippen molar-refractivity contribution in [3.05, 3.63) is 59.2 Å². The molecule has 2 N–H and O–H groups in total. The van der Waals surface area contributed by atoms with E-state index < -0.39 is 0 Å². The third-order valence-electron chi connectivity index (χ3n) is 3.70. The van der Waals surface area contributed by atoms with Crippen LogP contribution in [0.5, 0.6) is 0 Å². The maximum atomic E-state index is 12.4. The fourth-order valence-electron chi connectivity index (χ4n) is 2.59. The molecule has 0 aliphatic carbocycles. The summed E-state index contributed by atoms with van der Waals surface area (Å²) in [5, 5.41) is 6.36. The number of hydrogen-bond acceptors (Lipinski definition) is 3. The van der Waals surface area contributed by atoms with E-state index >= 15 is 0 Å². The van der Waals surface area contributed by atoms with Crippen molar-refractivity contribution >= 4 is 23.4 Å². The second kappa shape index (κ2) is 6.33. The maximum Gasteiger partial charge on any atom is 0.256 e. The molecule has 0 atom stereocenters. The lowest BCUT2D eigenvalue weighted by Crippen LogP contribution is -2.23. The van der Waals surface area contributed by atoms with Crippen LogP contribution in [0.15, 0.2) is 47.4 Å². The number of nitrogens with one attached hydrogen (secondary N) is 2. The van der Waals surface area contributed by atoms with E-state index in [4.69, 9.17) is 0 Å². The van der Waals surface area contributed by atoms with E-state index in [-0.39, 0.29) is 5.91 Å². The molecule has 0 saturated heterocycles. The number of carbonyl (C=O) groups excluding carboxylic acids is 1. The van der Waals surface area contributed by atoms with Gasteiger partial charge in [-0.1, -0.05) is 18.2 Å². The number of hydrogen-bond donors (Lipinski definition) is 2. The Morgan fingerprint density at radius 3 is 2.90 bits per heavy atom. The lowest BCUT2D eigenvalue weighted by atomic mass is 10.0. The number of amides is 1. The Balaban J connectivity index is 1.81. The molecular weight excluding hydrogens is 280 g/mol. The number of anilines is 1. The molecule has 3 nitrogen and oxygen atoms in total. The second-order valence-electron chi connectivity index (χ2n) is 5.06. The van der Waals surface area contributed by atoms with Gasteiger partial charge in [0.05, 0.1) is 5.56 Å². The van der Waals surface area contributed by atoms with Crippen LogP contribution < -0.4 is 10.6 Å². The van der Waals surface area contributed by atoms with Gasteiger partial charge in [-0.2, -0.15) is 0 Å². The smallest absolute Gasteiger partial charge is 0.256 e. The van der Waals surface area contributed by atoms with Crippen LogP contribution in [0, 0.1) is 0 Å². The minimum absolute atomic E-state index is 0.0522. The largest absolute Gasteiger partial charge is 0.322 e. The Morgan fingerprint density at radius 2 is 2.05 bits per heavy atom. The first kappa shape index (κ1) is 14.2. The summed E-state index contributed by atoms with van der Waals surface area (Å²) in [5.41, 5.74) is 4.23. The lowest BCUT2D eigenvalue weighted by molar-refractivity contribution is 0.102. The molecule has 0 fully saturated rings. The van der Waals surface area contributed by atoms with Gasteiger partial charge in [0.15, 0.2) is 0 Å². The number of carbonyl (C=O) groups is 1. The molecule has 0 unspecified atom stereocenters. The third kappa shape index (κ3) is 3.12. The van der Waals surface area contributed by atoms with Gasteiger partial charge in [-0.25, -0.2) is 0 Å². The zero-order chi connectivity index (χ0) is 14.7. The van der Waals surface area contributed by atoms with Crippen LogP contribution in [-0.2, 0) is 13.0 Å². The third-order valence-corrected chi connectivity index (χ3v) is 4.50. The molecule has 0 saturated carbocycles. The predicted octanol–water partition coefficient (Wildman–Crippen LogP) is 3.31. The maximum absolute atomic E-state index is 12.4. The minimum atomic E-state index is -0.0522. The van der Waals surface area contributed by atoms with Crippen LogP contribution in [-0.4, -0.2) is 18.7 Å². The van der Waals surface area contributed by atoms with Crippen LogP contribution in [0.2, 0.25) is 0 Å². The van der Waals surface area contributed by atoms with E-state index in [1.807, 2.05) is 36.6 Å². The van der Waals surface area contributed by atoms with E-state index in [0.717, 1.165) is 35.7 Å². The van der Waals surface area contributed by atoms with Crippen molar-refractivity contribution in [1.29, 1.82) is 0 Å². The summed E-state index contributed by atoms with van der Waals surface area (Å²) in [6, 6.07) is 13.9. The van der Waals surface area contributed by atoms with Gasteiger partial charge in [0.25, 0.3) is 5.91 Å². The fourth-order valence-corrected chi connectivity index (χ4v) is 3.18. The van der Waals surface area contributed by atoms with Gasteiger partial charge in [0.2, 0.25) is 0 Å².